The number of amidine groups is 1. The SMILES string of the molecule is N#CCC[NH+]1CCN(C2=NC(=O)/C(=C\c3ccc(-c4ccc(Cl)cc4Cl)o3)S2)CC1. The molecule has 0 atom stereocenters. The molecule has 4 rings (SSSR count). The zero-order valence-corrected chi connectivity index (χ0v) is 18.4. The summed E-state index contributed by atoms with van der Waals surface area (Å²) in [5.41, 5.74) is 0.741. The normalized spacial score (nSPS) is 18.7. The van der Waals surface area contributed by atoms with Gasteiger partial charge >= 0.3 is 0 Å². The van der Waals surface area contributed by atoms with Crippen LogP contribution in [0, 0.1) is 11.3 Å². The molecule has 0 saturated carbocycles. The fourth-order valence-electron chi connectivity index (χ4n) is 3.42. The van der Waals surface area contributed by atoms with Gasteiger partial charge in [0, 0.05) is 16.7 Å². The molecule has 0 unspecified atom stereocenters. The van der Waals surface area contributed by atoms with Crippen molar-refractivity contribution in [1.82, 2.24) is 4.90 Å². The van der Waals surface area contributed by atoms with E-state index >= 15 is 0 Å². The molecule has 2 aliphatic heterocycles. The van der Waals surface area contributed by atoms with Gasteiger partial charge in [0.15, 0.2) is 5.17 Å². The van der Waals surface area contributed by atoms with Crippen molar-refractivity contribution in [1.29, 1.82) is 5.26 Å². The van der Waals surface area contributed by atoms with Gasteiger partial charge in [-0.3, -0.25) is 4.79 Å². The van der Waals surface area contributed by atoms with Crippen LogP contribution in [0.15, 0.2) is 44.6 Å². The maximum absolute atomic E-state index is 12.4. The highest BCUT2D eigenvalue weighted by Gasteiger charge is 2.29. The Labute approximate surface area is 188 Å². The van der Waals surface area contributed by atoms with Crippen molar-refractivity contribution in [2.45, 2.75) is 6.42 Å². The average molecular weight is 462 g/mol. The number of hydrogen-bond donors (Lipinski definition) is 1. The number of carbonyl (C=O) groups is 1. The summed E-state index contributed by atoms with van der Waals surface area (Å²) in [5, 5.41) is 10.5. The summed E-state index contributed by atoms with van der Waals surface area (Å²) in [7, 11) is 0. The number of nitrogens with one attached hydrogen (secondary N) is 1. The number of rotatable bonds is 4. The molecule has 1 fully saturated rings. The summed E-state index contributed by atoms with van der Waals surface area (Å²) in [4.78, 5) is 20.7. The Bertz CT molecular complexity index is 1070. The van der Waals surface area contributed by atoms with E-state index in [1.165, 1.54) is 16.7 Å². The Hall–Kier alpha value is -2.24. The van der Waals surface area contributed by atoms with Crippen molar-refractivity contribution in [2.75, 3.05) is 32.7 Å². The van der Waals surface area contributed by atoms with Crippen LogP contribution in [0.5, 0.6) is 0 Å². The first-order chi connectivity index (χ1) is 14.5. The number of furan rings is 1. The number of aliphatic imine (C=N–C) groups is 1. The largest absolute Gasteiger partial charge is 0.457 e. The smallest absolute Gasteiger partial charge is 0.286 e. The lowest BCUT2D eigenvalue weighted by molar-refractivity contribution is -0.903. The minimum atomic E-state index is -0.253. The highest BCUT2D eigenvalue weighted by Crippen LogP contribution is 2.34. The topological polar surface area (TPSA) is 74.0 Å². The van der Waals surface area contributed by atoms with Crippen molar-refractivity contribution in [3.8, 4) is 17.4 Å². The summed E-state index contributed by atoms with van der Waals surface area (Å²) >= 11 is 13.6. The summed E-state index contributed by atoms with van der Waals surface area (Å²) in [5.74, 6) is 0.919. The van der Waals surface area contributed by atoms with Crippen LogP contribution in [0.4, 0.5) is 0 Å². The molecule has 0 radical (unpaired) electrons. The highest BCUT2D eigenvalue weighted by molar-refractivity contribution is 8.18. The second kappa shape index (κ2) is 9.27. The predicted molar refractivity (Wildman–Crippen MR) is 120 cm³/mol. The lowest BCUT2D eigenvalue weighted by atomic mass is 10.2. The second-order valence-electron chi connectivity index (χ2n) is 7.03. The fraction of sp³-hybridized carbons (Fsp3) is 0.286. The summed E-state index contributed by atoms with van der Waals surface area (Å²) in [6.07, 6.45) is 2.29. The van der Waals surface area contributed by atoms with Crippen LogP contribution in [-0.2, 0) is 4.79 Å². The lowest BCUT2D eigenvalue weighted by Gasteiger charge is -2.32. The van der Waals surface area contributed by atoms with Crippen LogP contribution in [-0.4, -0.2) is 48.7 Å². The Morgan fingerprint density at radius 3 is 2.80 bits per heavy atom. The monoisotopic (exact) mass is 461 g/mol. The van der Waals surface area contributed by atoms with E-state index in [-0.39, 0.29) is 5.91 Å². The number of amides is 1. The van der Waals surface area contributed by atoms with Gasteiger partial charge in [0.1, 0.15) is 11.5 Å². The third kappa shape index (κ3) is 4.73. The molecule has 0 aliphatic carbocycles. The minimum absolute atomic E-state index is 0.253. The molecule has 2 aromatic rings. The summed E-state index contributed by atoms with van der Waals surface area (Å²) < 4.78 is 5.87. The van der Waals surface area contributed by atoms with E-state index in [1.807, 2.05) is 6.07 Å². The van der Waals surface area contributed by atoms with Crippen LogP contribution in [0.2, 0.25) is 10.0 Å². The number of nitriles is 1. The number of quaternary nitrogens is 1. The molecule has 3 heterocycles. The summed E-state index contributed by atoms with van der Waals surface area (Å²) in [6, 6.07) is 11.0. The molecule has 1 aromatic carbocycles. The van der Waals surface area contributed by atoms with Crippen molar-refractivity contribution < 1.29 is 14.1 Å². The fourth-order valence-corrected chi connectivity index (χ4v) is 4.87. The molecular formula is C21H19Cl2N4O2S+. The number of hydrogen-bond acceptors (Lipinski definition) is 5. The Morgan fingerprint density at radius 1 is 1.27 bits per heavy atom. The Kier molecular flexibility index (Phi) is 6.49. The van der Waals surface area contributed by atoms with E-state index in [1.54, 1.807) is 30.3 Å². The van der Waals surface area contributed by atoms with Crippen molar-refractivity contribution >= 4 is 52.1 Å². The van der Waals surface area contributed by atoms with Gasteiger partial charge < -0.3 is 14.2 Å². The third-order valence-corrected chi connectivity index (χ3v) is 6.63. The summed E-state index contributed by atoms with van der Waals surface area (Å²) in [6.45, 7) is 4.41. The van der Waals surface area contributed by atoms with Gasteiger partial charge in [-0.15, -0.1) is 0 Å². The minimum Gasteiger partial charge on any atom is -0.457 e. The molecule has 6 nitrogen and oxygen atoms in total. The van der Waals surface area contributed by atoms with Crippen LogP contribution >= 0.6 is 35.0 Å². The predicted octanol–water partition coefficient (Wildman–Crippen LogP) is 3.34. The van der Waals surface area contributed by atoms with E-state index in [2.05, 4.69) is 16.0 Å². The van der Waals surface area contributed by atoms with Crippen LogP contribution in [0.1, 0.15) is 12.2 Å². The van der Waals surface area contributed by atoms with Crippen molar-refractivity contribution in [3.63, 3.8) is 0 Å². The highest BCUT2D eigenvalue weighted by atomic mass is 35.5. The first-order valence-corrected chi connectivity index (χ1v) is 11.1. The third-order valence-electron chi connectivity index (χ3n) is 5.04. The first kappa shape index (κ1) is 21.0. The Morgan fingerprint density at radius 2 is 2.07 bits per heavy atom. The second-order valence-corrected chi connectivity index (χ2v) is 8.88. The molecule has 1 N–H and O–H groups in total. The zero-order chi connectivity index (χ0) is 21.1. The first-order valence-electron chi connectivity index (χ1n) is 9.57. The molecule has 1 amide bonds. The van der Waals surface area contributed by atoms with Crippen LogP contribution in [0.3, 0.4) is 0 Å². The van der Waals surface area contributed by atoms with E-state index in [4.69, 9.17) is 32.9 Å². The number of halogens is 2. The molecule has 9 heteroatoms. The van der Waals surface area contributed by atoms with Crippen LogP contribution < -0.4 is 4.90 Å². The molecule has 1 aromatic heterocycles. The van der Waals surface area contributed by atoms with Gasteiger partial charge in [0.25, 0.3) is 5.91 Å². The van der Waals surface area contributed by atoms with Gasteiger partial charge in [0.05, 0.1) is 55.1 Å². The number of nitrogens with zero attached hydrogens (tertiary/aromatic N) is 3. The van der Waals surface area contributed by atoms with Crippen molar-refractivity contribution in [3.05, 3.63) is 51.0 Å². The van der Waals surface area contributed by atoms with Gasteiger partial charge in [-0.05, 0) is 42.1 Å². The van der Waals surface area contributed by atoms with E-state index in [0.717, 1.165) is 43.5 Å². The standard InChI is InChI=1S/C21H18Cl2N4O2S/c22-14-2-4-16(17(23)12-14)18-5-3-15(29-18)13-19-20(28)25-21(30-19)27-10-8-26(9-11-27)7-1-6-24/h2-5,12-13H,1,7-11H2/p+1/b19-13+. The molecular weight excluding hydrogens is 443 g/mol. The van der Waals surface area contributed by atoms with E-state index in [0.29, 0.717) is 32.9 Å². The molecule has 154 valence electrons. The zero-order valence-electron chi connectivity index (χ0n) is 16.0. The van der Waals surface area contributed by atoms with Crippen molar-refractivity contribution in [2.24, 2.45) is 4.99 Å². The van der Waals surface area contributed by atoms with E-state index in [9.17, 15) is 4.79 Å². The molecule has 0 bridgehead atoms. The number of thioether (sulfide) groups is 1. The molecule has 0 spiro atoms. The molecule has 1 saturated heterocycles. The molecule has 30 heavy (non-hydrogen) atoms. The van der Waals surface area contributed by atoms with Gasteiger partial charge in [-0.25, -0.2) is 0 Å². The number of piperazine rings is 1. The maximum Gasteiger partial charge on any atom is 0.286 e. The maximum atomic E-state index is 12.4. The molecule has 2 aliphatic rings. The average Bonchev–Trinajstić information content (AvgIpc) is 3.34. The van der Waals surface area contributed by atoms with Gasteiger partial charge in [-0.1, -0.05) is 23.2 Å². The van der Waals surface area contributed by atoms with Gasteiger partial charge in [0.2, 0.25) is 0 Å². The van der Waals surface area contributed by atoms with E-state index < -0.39 is 0 Å². The number of benzene rings is 1. The lowest BCUT2D eigenvalue weighted by Crippen LogP contribution is -3.14. The van der Waals surface area contributed by atoms with Gasteiger partial charge in [-0.2, -0.15) is 10.3 Å². The van der Waals surface area contributed by atoms with Crippen LogP contribution in [0.25, 0.3) is 17.4 Å². The quantitative estimate of drug-likeness (QED) is 0.706. The Balaban J connectivity index is 1.41. The number of carbonyl (C=O) groups excluding carboxylic acids is 1.